The van der Waals surface area contributed by atoms with E-state index in [-0.39, 0.29) is 0 Å². The topological polar surface area (TPSA) is 12.0 Å². The minimum absolute atomic E-state index is 0.676. The zero-order valence-electron chi connectivity index (χ0n) is 9.09. The Kier molecular flexibility index (Phi) is 2.76. The molecule has 0 bridgehead atoms. The van der Waals surface area contributed by atoms with Gasteiger partial charge in [0.2, 0.25) is 0 Å². The zero-order valence-corrected chi connectivity index (χ0v) is 9.09. The van der Waals surface area contributed by atoms with Crippen LogP contribution in [0, 0.1) is 5.92 Å². The summed E-state index contributed by atoms with van der Waals surface area (Å²) in [5.74, 6) is 0.815. The Labute approximate surface area is 86.5 Å². The lowest BCUT2D eigenvalue weighted by molar-refractivity contribution is 0.406. The van der Waals surface area contributed by atoms with Crippen molar-refractivity contribution in [3.05, 3.63) is 29.8 Å². The van der Waals surface area contributed by atoms with Crippen LogP contribution in [0.15, 0.2) is 24.3 Å². The van der Waals surface area contributed by atoms with Crippen LogP contribution in [0.4, 0.5) is 5.69 Å². The van der Waals surface area contributed by atoms with Gasteiger partial charge in [-0.15, -0.1) is 0 Å². The number of benzene rings is 1. The highest BCUT2D eigenvalue weighted by molar-refractivity contribution is 5.54. The van der Waals surface area contributed by atoms with Crippen molar-refractivity contribution < 1.29 is 0 Å². The van der Waals surface area contributed by atoms with Crippen LogP contribution in [0.5, 0.6) is 0 Å². The van der Waals surface area contributed by atoms with Crippen molar-refractivity contribution in [3.8, 4) is 0 Å². The van der Waals surface area contributed by atoms with Crippen LogP contribution >= 0.6 is 0 Å². The number of anilines is 1. The third kappa shape index (κ3) is 1.63. The fourth-order valence-corrected chi connectivity index (χ4v) is 2.45. The van der Waals surface area contributed by atoms with E-state index in [2.05, 4.69) is 43.4 Å². The Morgan fingerprint density at radius 1 is 1.21 bits per heavy atom. The molecule has 1 heterocycles. The van der Waals surface area contributed by atoms with Crippen molar-refractivity contribution in [2.75, 3.05) is 5.32 Å². The maximum absolute atomic E-state index is 3.65. The summed E-state index contributed by atoms with van der Waals surface area (Å²) >= 11 is 0. The molecule has 0 radical (unpaired) electrons. The average molecular weight is 189 g/mol. The van der Waals surface area contributed by atoms with Gasteiger partial charge in [-0.1, -0.05) is 38.5 Å². The van der Waals surface area contributed by atoms with Gasteiger partial charge in [0.1, 0.15) is 0 Å². The van der Waals surface area contributed by atoms with Crippen LogP contribution in [0.2, 0.25) is 0 Å². The molecule has 0 amide bonds. The molecule has 1 aliphatic rings. The summed E-state index contributed by atoms with van der Waals surface area (Å²) in [6, 6.07) is 9.38. The second-order valence-corrected chi connectivity index (χ2v) is 4.19. The largest absolute Gasteiger partial charge is 0.382 e. The first-order valence-corrected chi connectivity index (χ1v) is 5.69. The molecule has 0 fully saturated rings. The van der Waals surface area contributed by atoms with E-state index in [4.69, 9.17) is 0 Å². The predicted octanol–water partition coefficient (Wildman–Crippen LogP) is 3.46. The van der Waals surface area contributed by atoms with Gasteiger partial charge < -0.3 is 5.32 Å². The average Bonchev–Trinajstić information content (AvgIpc) is 2.27. The molecular formula is C13H19N. The summed E-state index contributed by atoms with van der Waals surface area (Å²) in [7, 11) is 0. The molecule has 0 aliphatic carbocycles. The van der Waals surface area contributed by atoms with Crippen molar-refractivity contribution in [1.82, 2.24) is 0 Å². The molecule has 0 unspecified atom stereocenters. The van der Waals surface area contributed by atoms with E-state index in [1.54, 1.807) is 0 Å². The van der Waals surface area contributed by atoms with Crippen molar-refractivity contribution in [1.29, 1.82) is 0 Å². The first kappa shape index (κ1) is 9.57. The van der Waals surface area contributed by atoms with Gasteiger partial charge in [-0.25, -0.2) is 0 Å². The van der Waals surface area contributed by atoms with Gasteiger partial charge in [0.05, 0.1) is 0 Å². The van der Waals surface area contributed by atoms with Gasteiger partial charge in [-0.2, -0.15) is 0 Å². The van der Waals surface area contributed by atoms with Gasteiger partial charge in [0.25, 0.3) is 0 Å². The lowest BCUT2D eigenvalue weighted by atomic mass is 9.84. The van der Waals surface area contributed by atoms with Gasteiger partial charge >= 0.3 is 0 Å². The molecule has 0 aromatic heterocycles. The van der Waals surface area contributed by atoms with E-state index >= 15 is 0 Å². The summed E-state index contributed by atoms with van der Waals surface area (Å²) in [4.78, 5) is 0. The Hall–Kier alpha value is -0.980. The fraction of sp³-hybridized carbons (Fsp3) is 0.538. The molecule has 0 saturated heterocycles. The first-order valence-electron chi connectivity index (χ1n) is 5.69. The molecule has 2 atom stereocenters. The van der Waals surface area contributed by atoms with E-state index < -0.39 is 0 Å². The van der Waals surface area contributed by atoms with Crippen molar-refractivity contribution in [2.24, 2.45) is 5.92 Å². The third-order valence-corrected chi connectivity index (χ3v) is 3.37. The van der Waals surface area contributed by atoms with Crippen LogP contribution in [-0.4, -0.2) is 6.04 Å². The predicted molar refractivity (Wildman–Crippen MR) is 61.6 cm³/mol. The quantitative estimate of drug-likeness (QED) is 0.751. The molecular weight excluding hydrogens is 170 g/mol. The number of hydrogen-bond donors (Lipinski definition) is 1. The third-order valence-electron chi connectivity index (χ3n) is 3.37. The number of hydrogen-bond acceptors (Lipinski definition) is 1. The van der Waals surface area contributed by atoms with Crippen molar-refractivity contribution >= 4 is 5.69 Å². The van der Waals surface area contributed by atoms with E-state index in [1.807, 2.05) is 0 Å². The van der Waals surface area contributed by atoms with Gasteiger partial charge in [-0.3, -0.25) is 0 Å². The number of fused-ring (bicyclic) bond motifs is 1. The summed E-state index contributed by atoms with van der Waals surface area (Å²) in [6.45, 7) is 4.57. The number of rotatable bonds is 2. The molecule has 0 saturated carbocycles. The molecule has 1 heteroatoms. The molecule has 14 heavy (non-hydrogen) atoms. The van der Waals surface area contributed by atoms with Crippen LogP contribution in [0.25, 0.3) is 0 Å². The fourth-order valence-electron chi connectivity index (χ4n) is 2.45. The SMILES string of the molecule is CC[C@@H]1Cc2ccccc2N[C@H]1CC. The Morgan fingerprint density at radius 2 is 2.00 bits per heavy atom. The first-order chi connectivity index (χ1) is 6.85. The van der Waals surface area contributed by atoms with Crippen molar-refractivity contribution in [2.45, 2.75) is 39.2 Å². The molecule has 76 valence electrons. The second kappa shape index (κ2) is 4.04. The summed E-state index contributed by atoms with van der Waals surface area (Å²) in [5, 5.41) is 3.65. The Bertz CT molecular complexity index is 275. The van der Waals surface area contributed by atoms with Gasteiger partial charge in [-0.05, 0) is 30.4 Å². The maximum Gasteiger partial charge on any atom is 0.0375 e. The molecule has 0 spiro atoms. The highest BCUT2D eigenvalue weighted by Gasteiger charge is 2.24. The number of nitrogens with one attached hydrogen (secondary N) is 1. The molecule has 1 N–H and O–H groups in total. The van der Waals surface area contributed by atoms with Crippen LogP contribution in [0.1, 0.15) is 32.3 Å². The minimum Gasteiger partial charge on any atom is -0.382 e. The highest BCUT2D eigenvalue weighted by atomic mass is 14.9. The summed E-state index contributed by atoms with van der Waals surface area (Å²) in [5.41, 5.74) is 2.84. The summed E-state index contributed by atoms with van der Waals surface area (Å²) < 4.78 is 0. The van der Waals surface area contributed by atoms with Gasteiger partial charge in [0.15, 0.2) is 0 Å². The van der Waals surface area contributed by atoms with E-state index in [9.17, 15) is 0 Å². The normalized spacial score (nSPS) is 25.3. The smallest absolute Gasteiger partial charge is 0.0375 e. The van der Waals surface area contributed by atoms with Crippen LogP contribution in [-0.2, 0) is 6.42 Å². The molecule has 1 aromatic carbocycles. The minimum atomic E-state index is 0.676. The van der Waals surface area contributed by atoms with E-state index in [0.717, 1.165) is 5.92 Å². The molecule has 1 aliphatic heterocycles. The van der Waals surface area contributed by atoms with Gasteiger partial charge in [0, 0.05) is 11.7 Å². The van der Waals surface area contributed by atoms with E-state index in [1.165, 1.54) is 30.5 Å². The second-order valence-electron chi connectivity index (χ2n) is 4.19. The van der Waals surface area contributed by atoms with Crippen LogP contribution in [0.3, 0.4) is 0 Å². The molecule has 1 aromatic rings. The zero-order chi connectivity index (χ0) is 9.97. The lowest BCUT2D eigenvalue weighted by Crippen LogP contribution is -2.34. The standard InChI is InChI=1S/C13H19N/c1-3-10-9-11-7-5-6-8-13(11)14-12(10)4-2/h5-8,10,12,14H,3-4,9H2,1-2H3/t10-,12+/m1/s1. The number of para-hydroxylation sites is 1. The van der Waals surface area contributed by atoms with Crippen molar-refractivity contribution in [3.63, 3.8) is 0 Å². The lowest BCUT2D eigenvalue weighted by Gasteiger charge is -2.33. The summed E-state index contributed by atoms with van der Waals surface area (Å²) in [6.07, 6.45) is 3.75. The Balaban J connectivity index is 2.25. The maximum atomic E-state index is 3.65. The molecule has 2 rings (SSSR count). The monoisotopic (exact) mass is 189 g/mol. The Morgan fingerprint density at radius 3 is 2.71 bits per heavy atom. The van der Waals surface area contributed by atoms with Crippen LogP contribution < -0.4 is 5.32 Å². The highest BCUT2D eigenvalue weighted by Crippen LogP contribution is 2.30. The molecule has 1 nitrogen and oxygen atoms in total. The van der Waals surface area contributed by atoms with E-state index in [0.29, 0.717) is 6.04 Å².